The Balaban J connectivity index is 1.98. The molecule has 0 aromatic carbocycles. The molecule has 0 spiro atoms. The van der Waals surface area contributed by atoms with Gasteiger partial charge in [0.1, 0.15) is 6.33 Å². The van der Waals surface area contributed by atoms with Crippen molar-refractivity contribution in [2.45, 2.75) is 33.7 Å². The first-order chi connectivity index (χ1) is 9.13. The van der Waals surface area contributed by atoms with Crippen molar-refractivity contribution >= 4 is 5.82 Å². The van der Waals surface area contributed by atoms with E-state index in [1.807, 2.05) is 25.3 Å². The molecule has 19 heavy (non-hydrogen) atoms. The molecule has 0 unspecified atom stereocenters. The molecule has 1 N–H and O–H groups in total. The highest BCUT2D eigenvalue weighted by Crippen LogP contribution is 2.13. The number of nitrogens with one attached hydrogen (secondary N) is 1. The minimum atomic E-state index is -0.358. The van der Waals surface area contributed by atoms with Gasteiger partial charge in [0.15, 0.2) is 11.6 Å². The summed E-state index contributed by atoms with van der Waals surface area (Å²) in [5.41, 5.74) is 2.58. The first kappa shape index (κ1) is 13.5. The Morgan fingerprint density at radius 3 is 2.68 bits per heavy atom. The molecule has 2 aromatic heterocycles. The highest BCUT2D eigenvalue weighted by molar-refractivity contribution is 5.37. The normalized spacial score (nSPS) is 10.7. The third-order valence-electron chi connectivity index (χ3n) is 3.19. The standard InChI is InChI=1S/C13H18FN5/c1-4-11-12(14)13(17-7-16-11)15-5-6-19-8-18-9(2)10(19)3/h7-8H,4-6H2,1-3H3,(H,15,16,17). The molecule has 0 atom stereocenters. The van der Waals surface area contributed by atoms with Gasteiger partial charge in [-0.25, -0.2) is 19.3 Å². The van der Waals surface area contributed by atoms with Crippen LogP contribution in [-0.2, 0) is 13.0 Å². The maximum Gasteiger partial charge on any atom is 0.186 e. The van der Waals surface area contributed by atoms with Gasteiger partial charge in [-0.05, 0) is 20.3 Å². The predicted molar refractivity (Wildman–Crippen MR) is 71.6 cm³/mol. The second-order valence-electron chi connectivity index (χ2n) is 4.37. The highest BCUT2D eigenvalue weighted by atomic mass is 19.1. The summed E-state index contributed by atoms with van der Waals surface area (Å²) in [6.07, 6.45) is 3.74. The molecule has 2 aromatic rings. The first-order valence-corrected chi connectivity index (χ1v) is 6.35. The minimum absolute atomic E-state index is 0.265. The highest BCUT2D eigenvalue weighted by Gasteiger charge is 2.09. The van der Waals surface area contributed by atoms with Crippen molar-refractivity contribution < 1.29 is 4.39 Å². The molecule has 0 radical (unpaired) electrons. The summed E-state index contributed by atoms with van der Waals surface area (Å²) in [6.45, 7) is 7.16. The van der Waals surface area contributed by atoms with Crippen LogP contribution in [0.25, 0.3) is 0 Å². The van der Waals surface area contributed by atoms with Crippen LogP contribution < -0.4 is 5.32 Å². The molecule has 5 nitrogen and oxygen atoms in total. The SMILES string of the molecule is CCc1ncnc(NCCn2cnc(C)c2C)c1F. The van der Waals surface area contributed by atoms with Crippen LogP contribution in [0.15, 0.2) is 12.7 Å². The average Bonchev–Trinajstić information content (AvgIpc) is 2.72. The zero-order chi connectivity index (χ0) is 13.8. The number of anilines is 1. The van der Waals surface area contributed by atoms with Gasteiger partial charge in [-0.2, -0.15) is 0 Å². The zero-order valence-electron chi connectivity index (χ0n) is 11.4. The van der Waals surface area contributed by atoms with Crippen molar-refractivity contribution in [1.82, 2.24) is 19.5 Å². The molecule has 0 aliphatic rings. The molecule has 2 rings (SSSR count). The summed E-state index contributed by atoms with van der Waals surface area (Å²) >= 11 is 0. The van der Waals surface area contributed by atoms with E-state index in [2.05, 4.69) is 20.3 Å². The molecular formula is C13H18FN5. The Bertz CT molecular complexity index is 564. The summed E-state index contributed by atoms with van der Waals surface area (Å²) in [7, 11) is 0. The summed E-state index contributed by atoms with van der Waals surface area (Å²) < 4.78 is 15.9. The Morgan fingerprint density at radius 2 is 2.05 bits per heavy atom. The average molecular weight is 263 g/mol. The summed E-state index contributed by atoms with van der Waals surface area (Å²) in [5.74, 6) is -0.0927. The van der Waals surface area contributed by atoms with Gasteiger partial charge >= 0.3 is 0 Å². The van der Waals surface area contributed by atoms with Crippen LogP contribution >= 0.6 is 0 Å². The van der Waals surface area contributed by atoms with E-state index in [1.54, 1.807) is 6.33 Å². The molecule has 0 amide bonds. The van der Waals surface area contributed by atoms with Crippen molar-refractivity contribution in [1.29, 1.82) is 0 Å². The van der Waals surface area contributed by atoms with Gasteiger partial charge < -0.3 is 9.88 Å². The second-order valence-corrected chi connectivity index (χ2v) is 4.37. The molecular weight excluding hydrogens is 245 g/mol. The van der Waals surface area contributed by atoms with Gasteiger partial charge in [-0.3, -0.25) is 0 Å². The number of nitrogens with zero attached hydrogens (tertiary/aromatic N) is 4. The molecule has 0 fully saturated rings. The van der Waals surface area contributed by atoms with Gasteiger partial charge in [0.05, 0.1) is 17.7 Å². The van der Waals surface area contributed by atoms with E-state index >= 15 is 0 Å². The van der Waals surface area contributed by atoms with Gasteiger partial charge in [-0.1, -0.05) is 6.92 Å². The van der Waals surface area contributed by atoms with Gasteiger partial charge in [-0.15, -0.1) is 0 Å². The van der Waals surface area contributed by atoms with Crippen molar-refractivity contribution in [3.63, 3.8) is 0 Å². The topological polar surface area (TPSA) is 55.6 Å². The molecule has 0 saturated carbocycles. The lowest BCUT2D eigenvalue weighted by molar-refractivity contribution is 0.594. The largest absolute Gasteiger partial charge is 0.366 e. The van der Waals surface area contributed by atoms with Crippen LogP contribution in [0.5, 0.6) is 0 Å². The van der Waals surface area contributed by atoms with Crippen LogP contribution in [0.1, 0.15) is 24.0 Å². The van der Waals surface area contributed by atoms with Crippen molar-refractivity contribution in [3.05, 3.63) is 35.6 Å². The van der Waals surface area contributed by atoms with Crippen molar-refractivity contribution in [2.24, 2.45) is 0 Å². The molecule has 0 aliphatic carbocycles. The van der Waals surface area contributed by atoms with Crippen LogP contribution in [0, 0.1) is 19.7 Å². The van der Waals surface area contributed by atoms with Crippen molar-refractivity contribution in [3.8, 4) is 0 Å². The quantitative estimate of drug-likeness (QED) is 0.897. The Morgan fingerprint density at radius 1 is 1.26 bits per heavy atom. The fourth-order valence-electron chi connectivity index (χ4n) is 1.84. The molecule has 0 aliphatic heterocycles. The Hall–Kier alpha value is -1.98. The minimum Gasteiger partial charge on any atom is -0.366 e. The number of imidazole rings is 1. The van der Waals surface area contributed by atoms with E-state index in [4.69, 9.17) is 0 Å². The van der Waals surface area contributed by atoms with Gasteiger partial charge in [0.25, 0.3) is 0 Å². The molecule has 102 valence electrons. The van der Waals surface area contributed by atoms with Crippen LogP contribution in [0.3, 0.4) is 0 Å². The summed E-state index contributed by atoms with van der Waals surface area (Å²) in [5, 5.41) is 3.00. The van der Waals surface area contributed by atoms with Gasteiger partial charge in [0, 0.05) is 18.8 Å². The summed E-state index contributed by atoms with van der Waals surface area (Å²) in [6, 6.07) is 0. The van der Waals surface area contributed by atoms with E-state index in [0.29, 0.717) is 18.7 Å². The maximum atomic E-state index is 13.9. The monoisotopic (exact) mass is 263 g/mol. The van der Waals surface area contributed by atoms with Gasteiger partial charge in [0.2, 0.25) is 0 Å². The number of hydrogen-bond acceptors (Lipinski definition) is 4. The number of aryl methyl sites for hydroxylation is 2. The molecule has 0 saturated heterocycles. The Kier molecular flexibility index (Phi) is 4.09. The van der Waals surface area contributed by atoms with Crippen LogP contribution in [-0.4, -0.2) is 26.1 Å². The van der Waals surface area contributed by atoms with E-state index in [0.717, 1.165) is 17.9 Å². The van der Waals surface area contributed by atoms with Crippen LogP contribution in [0.4, 0.5) is 10.2 Å². The lowest BCUT2D eigenvalue weighted by Gasteiger charge is -2.09. The third-order valence-corrected chi connectivity index (χ3v) is 3.19. The van der Waals surface area contributed by atoms with Crippen LogP contribution in [0.2, 0.25) is 0 Å². The third kappa shape index (κ3) is 2.89. The smallest absolute Gasteiger partial charge is 0.186 e. The fraction of sp³-hybridized carbons (Fsp3) is 0.462. The van der Waals surface area contributed by atoms with E-state index in [-0.39, 0.29) is 11.6 Å². The predicted octanol–water partition coefficient (Wildman–Crippen LogP) is 2.10. The number of aromatic nitrogens is 4. The van der Waals surface area contributed by atoms with E-state index < -0.39 is 0 Å². The lowest BCUT2D eigenvalue weighted by atomic mass is 10.3. The molecule has 0 bridgehead atoms. The zero-order valence-corrected chi connectivity index (χ0v) is 11.4. The van der Waals surface area contributed by atoms with Crippen molar-refractivity contribution in [2.75, 3.05) is 11.9 Å². The first-order valence-electron chi connectivity index (χ1n) is 6.35. The molecule has 2 heterocycles. The van der Waals surface area contributed by atoms with E-state index in [1.165, 1.54) is 6.33 Å². The second kappa shape index (κ2) is 5.77. The number of halogens is 1. The van der Waals surface area contributed by atoms with E-state index in [9.17, 15) is 4.39 Å². The number of rotatable bonds is 5. The summed E-state index contributed by atoms with van der Waals surface area (Å²) in [4.78, 5) is 12.0. The molecule has 6 heteroatoms. The Labute approximate surface area is 111 Å². The lowest BCUT2D eigenvalue weighted by Crippen LogP contribution is -2.13. The number of hydrogen-bond donors (Lipinski definition) is 1. The maximum absolute atomic E-state index is 13.9. The fourth-order valence-corrected chi connectivity index (χ4v) is 1.84.